The van der Waals surface area contributed by atoms with E-state index in [1.165, 1.54) is 4.90 Å². The molecule has 3 fully saturated rings. The number of imide groups is 1. The number of anilines is 1. The SMILES string of the molecule is O=C(CCN1C(=O)[C@@H]2[C@H]3C=C[C@H]([C@H]4C[C@H]34)[C@@H]2C1=O)Nc1cccc(Cl)c1. The Morgan fingerprint density at radius 3 is 2.38 bits per heavy atom. The minimum atomic E-state index is -0.230. The summed E-state index contributed by atoms with van der Waals surface area (Å²) >= 11 is 5.91. The van der Waals surface area contributed by atoms with Gasteiger partial charge < -0.3 is 5.32 Å². The van der Waals surface area contributed by atoms with Crippen molar-refractivity contribution in [2.75, 3.05) is 11.9 Å². The lowest BCUT2D eigenvalue weighted by Gasteiger charge is -2.37. The number of hydrogen-bond acceptors (Lipinski definition) is 3. The summed E-state index contributed by atoms with van der Waals surface area (Å²) in [5, 5.41) is 3.30. The maximum atomic E-state index is 12.8. The van der Waals surface area contributed by atoms with Gasteiger partial charge in [0.05, 0.1) is 11.8 Å². The quantitative estimate of drug-likeness (QED) is 0.654. The molecule has 0 radical (unpaired) electrons. The van der Waals surface area contributed by atoms with Crippen molar-refractivity contribution in [2.24, 2.45) is 35.5 Å². The van der Waals surface area contributed by atoms with E-state index < -0.39 is 0 Å². The van der Waals surface area contributed by atoms with E-state index in [-0.39, 0.29) is 54.4 Å². The predicted molar refractivity (Wildman–Crippen MR) is 96.1 cm³/mol. The van der Waals surface area contributed by atoms with Crippen LogP contribution in [0.15, 0.2) is 36.4 Å². The fourth-order valence-electron chi connectivity index (χ4n) is 5.24. The van der Waals surface area contributed by atoms with E-state index in [0.717, 1.165) is 6.42 Å². The van der Waals surface area contributed by atoms with Crippen LogP contribution in [0.4, 0.5) is 5.69 Å². The highest BCUT2D eigenvalue weighted by Gasteiger charge is 2.66. The number of rotatable bonds is 4. The molecule has 0 spiro atoms. The van der Waals surface area contributed by atoms with Crippen LogP contribution in [0.5, 0.6) is 0 Å². The number of hydrogen-bond donors (Lipinski definition) is 1. The Balaban J connectivity index is 1.25. The van der Waals surface area contributed by atoms with Gasteiger partial charge in [-0.2, -0.15) is 0 Å². The van der Waals surface area contributed by atoms with Crippen LogP contribution in [0.2, 0.25) is 5.02 Å². The first-order chi connectivity index (χ1) is 12.5. The molecule has 1 saturated heterocycles. The van der Waals surface area contributed by atoms with Crippen molar-refractivity contribution in [3.05, 3.63) is 41.4 Å². The molecule has 1 aromatic rings. The Hall–Kier alpha value is -2.14. The molecule has 26 heavy (non-hydrogen) atoms. The van der Waals surface area contributed by atoms with Crippen molar-refractivity contribution in [2.45, 2.75) is 12.8 Å². The van der Waals surface area contributed by atoms with Crippen LogP contribution in [-0.2, 0) is 14.4 Å². The Morgan fingerprint density at radius 2 is 1.77 bits per heavy atom. The molecule has 4 aliphatic carbocycles. The molecule has 1 N–H and O–H groups in total. The third-order valence-electron chi connectivity index (χ3n) is 6.42. The lowest BCUT2D eigenvalue weighted by Crippen LogP contribution is -2.40. The molecule has 134 valence electrons. The Bertz CT molecular complexity index is 815. The van der Waals surface area contributed by atoms with Gasteiger partial charge in [0.15, 0.2) is 0 Å². The molecule has 2 saturated carbocycles. The van der Waals surface area contributed by atoms with Gasteiger partial charge in [-0.3, -0.25) is 19.3 Å². The maximum Gasteiger partial charge on any atom is 0.233 e. The van der Waals surface area contributed by atoms with Crippen molar-refractivity contribution < 1.29 is 14.4 Å². The van der Waals surface area contributed by atoms with Crippen molar-refractivity contribution >= 4 is 35.0 Å². The zero-order valence-corrected chi connectivity index (χ0v) is 14.9. The molecule has 5 nitrogen and oxygen atoms in total. The highest BCUT2D eigenvalue weighted by molar-refractivity contribution is 6.30. The highest BCUT2D eigenvalue weighted by Crippen LogP contribution is 2.65. The number of nitrogens with one attached hydrogen (secondary N) is 1. The van der Waals surface area contributed by atoms with Gasteiger partial charge in [0.25, 0.3) is 0 Å². The number of carbonyl (C=O) groups excluding carboxylic acids is 3. The van der Waals surface area contributed by atoms with Gasteiger partial charge in [-0.25, -0.2) is 0 Å². The maximum absolute atomic E-state index is 12.8. The van der Waals surface area contributed by atoms with E-state index in [2.05, 4.69) is 17.5 Å². The van der Waals surface area contributed by atoms with Crippen molar-refractivity contribution in [1.82, 2.24) is 4.90 Å². The molecule has 0 unspecified atom stereocenters. The number of allylic oxidation sites excluding steroid dienone is 2. The van der Waals surface area contributed by atoms with Gasteiger partial charge in [-0.15, -0.1) is 0 Å². The average molecular weight is 371 g/mol. The average Bonchev–Trinajstić information content (AvgIpc) is 3.39. The molecule has 3 amide bonds. The summed E-state index contributed by atoms with van der Waals surface area (Å²) in [6.45, 7) is 0.145. The molecule has 2 bridgehead atoms. The smallest absolute Gasteiger partial charge is 0.233 e. The highest BCUT2D eigenvalue weighted by atomic mass is 35.5. The zero-order chi connectivity index (χ0) is 18.0. The number of likely N-dealkylation sites (tertiary alicyclic amines) is 1. The van der Waals surface area contributed by atoms with Crippen LogP contribution in [0.3, 0.4) is 0 Å². The fourth-order valence-corrected chi connectivity index (χ4v) is 5.43. The Morgan fingerprint density at radius 1 is 1.12 bits per heavy atom. The molecule has 6 atom stereocenters. The minimum absolute atomic E-state index is 0.0831. The largest absolute Gasteiger partial charge is 0.326 e. The van der Waals surface area contributed by atoms with Gasteiger partial charge in [0.1, 0.15) is 0 Å². The van der Waals surface area contributed by atoms with Crippen LogP contribution < -0.4 is 5.32 Å². The van der Waals surface area contributed by atoms with Gasteiger partial charge in [-0.1, -0.05) is 29.8 Å². The van der Waals surface area contributed by atoms with Crippen LogP contribution in [0, 0.1) is 35.5 Å². The normalized spacial score (nSPS) is 36.1. The zero-order valence-electron chi connectivity index (χ0n) is 14.1. The summed E-state index contributed by atoms with van der Waals surface area (Å²) in [5.41, 5.74) is 0.609. The lowest BCUT2D eigenvalue weighted by atomic mass is 9.63. The van der Waals surface area contributed by atoms with E-state index in [4.69, 9.17) is 11.6 Å². The standard InChI is InChI=1S/C20H19ClN2O3/c21-10-2-1-3-11(8-10)22-16(24)6-7-23-19(25)17-12-4-5-13(15-9-14(12)15)18(17)20(23)26/h1-5,8,12-15,17-18H,6-7,9H2,(H,22,24)/t12-,13+,14-,15-,17+,18-/m1/s1. The number of halogens is 1. The first-order valence-electron chi connectivity index (χ1n) is 9.13. The number of amides is 3. The Kier molecular flexibility index (Phi) is 3.51. The number of nitrogens with zero attached hydrogens (tertiary/aromatic N) is 1. The molecule has 1 aliphatic heterocycles. The summed E-state index contributed by atoms with van der Waals surface area (Å²) in [7, 11) is 0. The van der Waals surface area contributed by atoms with Gasteiger partial charge >= 0.3 is 0 Å². The molecular formula is C20H19ClN2O3. The predicted octanol–water partition coefficient (Wildman–Crippen LogP) is 2.72. The second-order valence-electron chi connectivity index (χ2n) is 7.79. The molecule has 6 heteroatoms. The Labute approximate surface area is 156 Å². The van der Waals surface area contributed by atoms with Crippen LogP contribution in [0.25, 0.3) is 0 Å². The lowest BCUT2D eigenvalue weighted by molar-refractivity contribution is -0.140. The molecule has 6 rings (SSSR count). The second-order valence-corrected chi connectivity index (χ2v) is 8.23. The van der Waals surface area contributed by atoms with E-state index in [9.17, 15) is 14.4 Å². The summed E-state index contributed by atoms with van der Waals surface area (Å²) < 4.78 is 0. The summed E-state index contributed by atoms with van der Waals surface area (Å²) in [6.07, 6.45) is 5.55. The molecular weight excluding hydrogens is 352 g/mol. The first-order valence-corrected chi connectivity index (χ1v) is 9.51. The van der Waals surface area contributed by atoms with Gasteiger partial charge in [0, 0.05) is 23.7 Å². The van der Waals surface area contributed by atoms with Gasteiger partial charge in [0.2, 0.25) is 17.7 Å². The van der Waals surface area contributed by atoms with Gasteiger partial charge in [-0.05, 0) is 48.3 Å². The van der Waals surface area contributed by atoms with Crippen LogP contribution in [-0.4, -0.2) is 29.2 Å². The molecule has 0 aromatic heterocycles. The fraction of sp³-hybridized carbons (Fsp3) is 0.450. The molecule has 1 heterocycles. The minimum Gasteiger partial charge on any atom is -0.326 e. The topological polar surface area (TPSA) is 66.5 Å². The molecule has 5 aliphatic rings. The van der Waals surface area contributed by atoms with Crippen molar-refractivity contribution in [3.8, 4) is 0 Å². The van der Waals surface area contributed by atoms with E-state index >= 15 is 0 Å². The van der Waals surface area contributed by atoms with Crippen LogP contribution in [0.1, 0.15) is 12.8 Å². The third-order valence-corrected chi connectivity index (χ3v) is 6.66. The van der Waals surface area contributed by atoms with Crippen molar-refractivity contribution in [1.29, 1.82) is 0 Å². The summed E-state index contributed by atoms with van der Waals surface area (Å²) in [5.74, 6) is 0.832. The van der Waals surface area contributed by atoms with Crippen LogP contribution >= 0.6 is 11.6 Å². The second kappa shape index (κ2) is 5.68. The monoisotopic (exact) mass is 370 g/mol. The van der Waals surface area contributed by atoms with Crippen molar-refractivity contribution in [3.63, 3.8) is 0 Å². The molecule has 1 aromatic carbocycles. The van der Waals surface area contributed by atoms with E-state index in [0.29, 0.717) is 22.5 Å². The van der Waals surface area contributed by atoms with E-state index in [1.807, 2.05) is 0 Å². The third kappa shape index (κ3) is 2.33. The summed E-state index contributed by atoms with van der Waals surface area (Å²) in [6, 6.07) is 6.90. The summed E-state index contributed by atoms with van der Waals surface area (Å²) in [4.78, 5) is 39.2. The number of benzene rings is 1. The number of carbonyl (C=O) groups is 3. The first kappa shape index (κ1) is 16.1. The van der Waals surface area contributed by atoms with E-state index in [1.54, 1.807) is 24.3 Å².